The molecule has 0 bridgehead atoms. The van der Waals surface area contributed by atoms with E-state index in [9.17, 15) is 9.18 Å². The molecular formula is C20H26FN3O. The van der Waals surface area contributed by atoms with E-state index in [0.717, 1.165) is 30.0 Å². The van der Waals surface area contributed by atoms with Crippen molar-refractivity contribution in [2.45, 2.75) is 27.2 Å². The Labute approximate surface area is 149 Å². The molecule has 0 spiro atoms. The molecule has 134 valence electrons. The summed E-state index contributed by atoms with van der Waals surface area (Å²) in [6, 6.07) is 12.3. The van der Waals surface area contributed by atoms with E-state index in [0.29, 0.717) is 18.7 Å². The van der Waals surface area contributed by atoms with Crippen LogP contribution in [0.5, 0.6) is 0 Å². The van der Waals surface area contributed by atoms with Crippen LogP contribution in [0.15, 0.2) is 42.5 Å². The number of rotatable bonds is 8. The average Bonchev–Trinajstić information content (AvgIpc) is 2.58. The number of carbonyl (C=O) groups excluding carboxylic acids is 1. The maximum Gasteiger partial charge on any atom is 0.226 e. The van der Waals surface area contributed by atoms with Gasteiger partial charge in [-0.1, -0.05) is 6.07 Å². The van der Waals surface area contributed by atoms with Gasteiger partial charge in [-0.15, -0.1) is 0 Å². The zero-order chi connectivity index (χ0) is 18.2. The van der Waals surface area contributed by atoms with Crippen LogP contribution in [0.1, 0.15) is 25.8 Å². The van der Waals surface area contributed by atoms with E-state index in [2.05, 4.69) is 35.4 Å². The van der Waals surface area contributed by atoms with Crippen molar-refractivity contribution in [3.63, 3.8) is 0 Å². The Morgan fingerprint density at radius 1 is 1.12 bits per heavy atom. The van der Waals surface area contributed by atoms with Gasteiger partial charge < -0.3 is 15.5 Å². The summed E-state index contributed by atoms with van der Waals surface area (Å²) in [5.74, 6) is -0.360. The van der Waals surface area contributed by atoms with E-state index in [-0.39, 0.29) is 11.7 Å². The summed E-state index contributed by atoms with van der Waals surface area (Å²) in [5, 5.41) is 5.99. The summed E-state index contributed by atoms with van der Waals surface area (Å²) >= 11 is 0. The van der Waals surface area contributed by atoms with Gasteiger partial charge in [0.1, 0.15) is 5.82 Å². The van der Waals surface area contributed by atoms with E-state index >= 15 is 0 Å². The van der Waals surface area contributed by atoms with Crippen molar-refractivity contribution < 1.29 is 9.18 Å². The molecule has 25 heavy (non-hydrogen) atoms. The van der Waals surface area contributed by atoms with Crippen LogP contribution >= 0.6 is 0 Å². The molecule has 0 unspecified atom stereocenters. The van der Waals surface area contributed by atoms with Gasteiger partial charge in [-0.25, -0.2) is 4.39 Å². The van der Waals surface area contributed by atoms with Crippen LogP contribution in [0, 0.1) is 12.7 Å². The van der Waals surface area contributed by atoms with Gasteiger partial charge in [-0.3, -0.25) is 4.79 Å². The summed E-state index contributed by atoms with van der Waals surface area (Å²) in [6.45, 7) is 8.60. The van der Waals surface area contributed by atoms with Gasteiger partial charge >= 0.3 is 0 Å². The Bertz CT molecular complexity index is 714. The van der Waals surface area contributed by atoms with Crippen molar-refractivity contribution in [1.82, 2.24) is 0 Å². The van der Waals surface area contributed by atoms with Gasteiger partial charge in [0.05, 0.1) is 0 Å². The van der Waals surface area contributed by atoms with Gasteiger partial charge in [-0.05, 0) is 62.7 Å². The fourth-order valence-electron chi connectivity index (χ4n) is 2.71. The summed E-state index contributed by atoms with van der Waals surface area (Å²) in [7, 11) is 0. The van der Waals surface area contributed by atoms with Gasteiger partial charge in [0, 0.05) is 43.1 Å². The van der Waals surface area contributed by atoms with Crippen molar-refractivity contribution in [2.75, 3.05) is 35.2 Å². The van der Waals surface area contributed by atoms with Crippen LogP contribution in [0.4, 0.5) is 21.5 Å². The summed E-state index contributed by atoms with van der Waals surface area (Å²) in [6.07, 6.45) is 0.313. The molecule has 2 N–H and O–H groups in total. The molecule has 0 aliphatic rings. The maximum absolute atomic E-state index is 13.1. The van der Waals surface area contributed by atoms with Crippen molar-refractivity contribution in [2.24, 2.45) is 0 Å². The van der Waals surface area contributed by atoms with E-state index in [1.54, 1.807) is 12.1 Å². The molecule has 0 aliphatic carbocycles. The molecule has 2 aromatic rings. The van der Waals surface area contributed by atoms with Crippen LogP contribution in [-0.2, 0) is 4.79 Å². The zero-order valence-corrected chi connectivity index (χ0v) is 15.1. The second kappa shape index (κ2) is 9.06. The van der Waals surface area contributed by atoms with E-state index in [1.165, 1.54) is 12.1 Å². The van der Waals surface area contributed by atoms with Crippen molar-refractivity contribution in [3.05, 3.63) is 53.8 Å². The van der Waals surface area contributed by atoms with Crippen LogP contribution in [0.2, 0.25) is 0 Å². The minimum Gasteiger partial charge on any atom is -0.384 e. The van der Waals surface area contributed by atoms with Crippen molar-refractivity contribution in [3.8, 4) is 0 Å². The molecule has 5 heteroatoms. The average molecular weight is 343 g/mol. The fourth-order valence-corrected chi connectivity index (χ4v) is 2.71. The third kappa shape index (κ3) is 5.48. The van der Waals surface area contributed by atoms with E-state index in [1.807, 2.05) is 19.1 Å². The highest BCUT2D eigenvalue weighted by Crippen LogP contribution is 2.22. The summed E-state index contributed by atoms with van der Waals surface area (Å²) < 4.78 is 13.1. The Morgan fingerprint density at radius 3 is 2.52 bits per heavy atom. The standard InChI is InChI=1S/C20H26FN3O/c1-4-24(5-2)18-9-10-19(15(3)13-18)23-20(25)11-12-22-17-8-6-7-16(21)14-17/h6-10,13-14,22H,4-5,11-12H2,1-3H3,(H,23,25). The number of aryl methyl sites for hydroxylation is 1. The lowest BCUT2D eigenvalue weighted by atomic mass is 10.1. The van der Waals surface area contributed by atoms with Crippen LogP contribution < -0.4 is 15.5 Å². The van der Waals surface area contributed by atoms with Crippen LogP contribution in [0.3, 0.4) is 0 Å². The molecule has 0 aromatic heterocycles. The third-order valence-corrected chi connectivity index (χ3v) is 4.12. The summed E-state index contributed by atoms with van der Waals surface area (Å²) in [5.41, 5.74) is 3.70. The Morgan fingerprint density at radius 2 is 1.88 bits per heavy atom. The number of hydrogen-bond acceptors (Lipinski definition) is 3. The van der Waals surface area contributed by atoms with E-state index < -0.39 is 0 Å². The number of benzene rings is 2. The van der Waals surface area contributed by atoms with Gasteiger partial charge in [0.25, 0.3) is 0 Å². The second-order valence-electron chi connectivity index (χ2n) is 5.91. The summed E-state index contributed by atoms with van der Waals surface area (Å²) in [4.78, 5) is 14.4. The second-order valence-corrected chi connectivity index (χ2v) is 5.91. The highest BCUT2D eigenvalue weighted by atomic mass is 19.1. The molecule has 0 atom stereocenters. The first-order valence-corrected chi connectivity index (χ1v) is 8.68. The minimum atomic E-state index is -0.293. The zero-order valence-electron chi connectivity index (χ0n) is 15.1. The SMILES string of the molecule is CCN(CC)c1ccc(NC(=O)CCNc2cccc(F)c2)c(C)c1. The highest BCUT2D eigenvalue weighted by Gasteiger charge is 2.08. The smallest absolute Gasteiger partial charge is 0.226 e. The predicted octanol–water partition coefficient (Wildman–Crippen LogP) is 4.42. The first kappa shape index (κ1) is 18.8. The molecule has 1 amide bonds. The van der Waals surface area contributed by atoms with Gasteiger partial charge in [-0.2, -0.15) is 0 Å². The van der Waals surface area contributed by atoms with Gasteiger partial charge in [0.15, 0.2) is 0 Å². The molecule has 0 aliphatic heterocycles. The lowest BCUT2D eigenvalue weighted by Crippen LogP contribution is -2.22. The monoisotopic (exact) mass is 343 g/mol. The molecule has 0 saturated carbocycles. The molecule has 2 rings (SSSR count). The van der Waals surface area contributed by atoms with Crippen LogP contribution in [0.25, 0.3) is 0 Å². The Hall–Kier alpha value is -2.56. The van der Waals surface area contributed by atoms with Crippen molar-refractivity contribution >= 4 is 23.0 Å². The fraction of sp³-hybridized carbons (Fsp3) is 0.350. The minimum absolute atomic E-state index is 0.0670. The lowest BCUT2D eigenvalue weighted by Gasteiger charge is -2.22. The number of halogens is 1. The number of amides is 1. The Kier molecular flexibility index (Phi) is 6.81. The normalized spacial score (nSPS) is 10.4. The molecular weight excluding hydrogens is 317 g/mol. The molecule has 2 aromatic carbocycles. The highest BCUT2D eigenvalue weighted by molar-refractivity contribution is 5.92. The molecule has 0 saturated heterocycles. The maximum atomic E-state index is 13.1. The Balaban J connectivity index is 1.87. The lowest BCUT2D eigenvalue weighted by molar-refractivity contribution is -0.115. The topological polar surface area (TPSA) is 44.4 Å². The molecule has 4 nitrogen and oxygen atoms in total. The number of anilines is 3. The van der Waals surface area contributed by atoms with Crippen molar-refractivity contribution in [1.29, 1.82) is 0 Å². The first-order chi connectivity index (χ1) is 12.0. The third-order valence-electron chi connectivity index (χ3n) is 4.12. The number of carbonyl (C=O) groups is 1. The predicted molar refractivity (Wildman–Crippen MR) is 103 cm³/mol. The molecule has 0 heterocycles. The number of nitrogens with zero attached hydrogens (tertiary/aromatic N) is 1. The van der Waals surface area contributed by atoms with Crippen LogP contribution in [-0.4, -0.2) is 25.5 Å². The first-order valence-electron chi connectivity index (χ1n) is 8.68. The van der Waals surface area contributed by atoms with E-state index in [4.69, 9.17) is 0 Å². The quantitative estimate of drug-likeness (QED) is 0.746. The largest absolute Gasteiger partial charge is 0.384 e. The van der Waals surface area contributed by atoms with Gasteiger partial charge in [0.2, 0.25) is 5.91 Å². The number of hydrogen-bond donors (Lipinski definition) is 2. The number of nitrogens with one attached hydrogen (secondary N) is 2. The molecule has 0 fully saturated rings. The molecule has 0 radical (unpaired) electrons.